The highest BCUT2D eigenvalue weighted by molar-refractivity contribution is 6.00. The Bertz CT molecular complexity index is 1890. The number of nitrogens with two attached hydrogens (primary N) is 2. The molecule has 22 heteroatoms. The van der Waals surface area contributed by atoms with E-state index < -0.39 is 18.4 Å². The number of anilines is 2. The number of nitrogen functional groups attached to an aromatic ring is 2. The Labute approximate surface area is 258 Å². The van der Waals surface area contributed by atoms with Crippen LogP contribution < -0.4 is 16.2 Å². The quantitative estimate of drug-likeness (QED) is 0.111. The van der Waals surface area contributed by atoms with Crippen LogP contribution >= 0.6 is 0 Å². The Morgan fingerprint density at radius 3 is 1.74 bits per heavy atom. The van der Waals surface area contributed by atoms with E-state index in [0.29, 0.717) is 11.4 Å². The minimum atomic E-state index is -0.720. The van der Waals surface area contributed by atoms with Crippen molar-refractivity contribution in [1.29, 1.82) is 0 Å². The summed E-state index contributed by atoms with van der Waals surface area (Å²) in [5, 5.41) is 42.7. The van der Waals surface area contributed by atoms with E-state index in [1.54, 1.807) is 27.9 Å². The largest absolute Gasteiger partial charge is 0.467 e. The standard InChI is InChI=1S/C24H27N17O5/c1-10-15(32-34-19-12(14(43)9-42)7-27-38(19)3)17(25)40(36-10)22-29-23(31-24(30-22)46-6)41-18(26)16(11(2)37-41)33-35-20-13(21(44)45-5)8-28-39(20)4/h7-8,42H,9,25-26H2,1-6H3. The number of hydrogen-bond acceptors (Lipinski definition) is 18. The molecule has 238 valence electrons. The number of ether oxygens (including phenoxy) is 2. The number of carbonyl (C=O) groups is 2. The summed E-state index contributed by atoms with van der Waals surface area (Å²) in [5.41, 5.74) is 14.0. The molecule has 0 aliphatic carbocycles. The number of nitrogens with zero attached hydrogens (tertiary/aromatic N) is 15. The minimum Gasteiger partial charge on any atom is -0.467 e. The Hall–Kier alpha value is -6.45. The van der Waals surface area contributed by atoms with Crippen molar-refractivity contribution in [3.8, 4) is 17.9 Å². The first kappa shape index (κ1) is 31.0. The fraction of sp³-hybridized carbons (Fsp3) is 0.292. The molecular formula is C24H27N17O5. The van der Waals surface area contributed by atoms with Gasteiger partial charge in [0.1, 0.15) is 12.2 Å². The number of aryl methyl sites for hydroxylation is 4. The first-order valence-corrected chi connectivity index (χ1v) is 13.1. The summed E-state index contributed by atoms with van der Waals surface area (Å²) in [6.07, 6.45) is 2.58. The van der Waals surface area contributed by atoms with E-state index in [0.717, 1.165) is 0 Å². The van der Waals surface area contributed by atoms with Gasteiger partial charge in [0.25, 0.3) is 11.9 Å². The molecule has 0 aliphatic heterocycles. The second-order valence-electron chi connectivity index (χ2n) is 9.37. The van der Waals surface area contributed by atoms with Crippen LogP contribution in [0.3, 0.4) is 0 Å². The Kier molecular flexibility index (Phi) is 8.27. The van der Waals surface area contributed by atoms with E-state index in [2.05, 4.69) is 55.8 Å². The maximum Gasteiger partial charge on any atom is 0.343 e. The lowest BCUT2D eigenvalue weighted by molar-refractivity contribution is 0.0601. The van der Waals surface area contributed by atoms with Gasteiger partial charge in [0.2, 0.25) is 0 Å². The van der Waals surface area contributed by atoms with E-state index in [4.69, 9.17) is 20.9 Å². The molecule has 0 bridgehead atoms. The molecule has 5 heterocycles. The number of aliphatic hydroxyl groups is 1. The number of methoxy groups -OCH3 is 2. The fourth-order valence-electron chi connectivity index (χ4n) is 4.07. The molecule has 0 atom stereocenters. The molecule has 46 heavy (non-hydrogen) atoms. The lowest BCUT2D eigenvalue weighted by atomic mass is 10.2. The van der Waals surface area contributed by atoms with Crippen LogP contribution in [0.2, 0.25) is 0 Å². The predicted octanol–water partition coefficient (Wildman–Crippen LogP) is 1.29. The van der Waals surface area contributed by atoms with Crippen molar-refractivity contribution >= 4 is 46.4 Å². The third-order valence-corrected chi connectivity index (χ3v) is 6.43. The van der Waals surface area contributed by atoms with Crippen LogP contribution in [0.15, 0.2) is 32.9 Å². The van der Waals surface area contributed by atoms with Crippen molar-refractivity contribution in [2.45, 2.75) is 13.8 Å². The third-order valence-electron chi connectivity index (χ3n) is 6.43. The van der Waals surface area contributed by atoms with Crippen LogP contribution in [0.1, 0.15) is 32.1 Å². The minimum absolute atomic E-state index is 0.00523. The van der Waals surface area contributed by atoms with E-state index in [1.807, 2.05) is 0 Å². The van der Waals surface area contributed by atoms with Gasteiger partial charge in [-0.15, -0.1) is 20.5 Å². The number of Topliss-reactive ketones (excluding diaryl/α,β-unsaturated/α-hetero) is 1. The summed E-state index contributed by atoms with van der Waals surface area (Å²) in [5.74, 6) is -1.11. The highest BCUT2D eigenvalue weighted by Gasteiger charge is 2.23. The number of aliphatic hydroxyl groups excluding tert-OH is 1. The Morgan fingerprint density at radius 2 is 1.28 bits per heavy atom. The number of hydrogen-bond donors (Lipinski definition) is 3. The molecule has 22 nitrogen and oxygen atoms in total. The highest BCUT2D eigenvalue weighted by Crippen LogP contribution is 2.33. The van der Waals surface area contributed by atoms with Crippen LogP contribution in [0.4, 0.5) is 34.6 Å². The van der Waals surface area contributed by atoms with Gasteiger partial charge in [0.05, 0.1) is 43.6 Å². The smallest absolute Gasteiger partial charge is 0.343 e. The SMILES string of the molecule is COC(=O)c1cnn(C)c1N=Nc1c(C)nn(-c2nc(OC)nc(-n3nc(C)c(N=Nc4c(C(=O)CO)cnn4C)c3N)n2)c1N. The number of ketones is 1. The van der Waals surface area contributed by atoms with Crippen molar-refractivity contribution in [1.82, 2.24) is 54.1 Å². The van der Waals surface area contributed by atoms with Crippen LogP contribution in [-0.2, 0) is 18.8 Å². The number of carbonyl (C=O) groups excluding carboxylic acids is 2. The first-order chi connectivity index (χ1) is 22.0. The predicted molar refractivity (Wildman–Crippen MR) is 156 cm³/mol. The topological polar surface area (TPSA) is 284 Å². The van der Waals surface area contributed by atoms with E-state index >= 15 is 0 Å². The molecule has 5 rings (SSSR count). The number of aromatic nitrogens is 11. The zero-order valence-corrected chi connectivity index (χ0v) is 25.3. The molecule has 0 saturated heterocycles. The number of esters is 1. The molecule has 0 aliphatic rings. The zero-order valence-electron chi connectivity index (χ0n) is 25.3. The van der Waals surface area contributed by atoms with Gasteiger partial charge in [-0.3, -0.25) is 4.79 Å². The third kappa shape index (κ3) is 5.49. The van der Waals surface area contributed by atoms with Gasteiger partial charge >= 0.3 is 12.0 Å². The molecule has 5 aromatic heterocycles. The lowest BCUT2D eigenvalue weighted by Gasteiger charge is -2.08. The van der Waals surface area contributed by atoms with Gasteiger partial charge in [0, 0.05) is 14.1 Å². The van der Waals surface area contributed by atoms with Gasteiger partial charge in [0.15, 0.2) is 40.4 Å². The summed E-state index contributed by atoms with van der Waals surface area (Å²) in [6.45, 7) is 2.55. The first-order valence-electron chi connectivity index (χ1n) is 13.1. The number of rotatable bonds is 10. The molecule has 0 amide bonds. The molecule has 0 unspecified atom stereocenters. The molecule has 0 radical (unpaired) electrons. The van der Waals surface area contributed by atoms with E-state index in [-0.39, 0.29) is 63.7 Å². The Morgan fingerprint density at radius 1 is 0.804 bits per heavy atom. The average Bonchev–Trinajstić information content (AvgIpc) is 3.77. The van der Waals surface area contributed by atoms with Crippen molar-refractivity contribution in [2.24, 2.45) is 34.6 Å². The van der Waals surface area contributed by atoms with Gasteiger partial charge < -0.3 is 26.0 Å². The monoisotopic (exact) mass is 633 g/mol. The lowest BCUT2D eigenvalue weighted by Crippen LogP contribution is -2.14. The fourth-order valence-corrected chi connectivity index (χ4v) is 4.07. The van der Waals surface area contributed by atoms with Gasteiger partial charge in [-0.2, -0.15) is 44.7 Å². The summed E-state index contributed by atoms with van der Waals surface area (Å²) in [7, 11) is 5.74. The second kappa shape index (κ2) is 12.3. The molecule has 0 aromatic carbocycles. The van der Waals surface area contributed by atoms with Crippen molar-refractivity contribution < 1.29 is 24.2 Å². The van der Waals surface area contributed by atoms with Crippen LogP contribution in [0.5, 0.6) is 6.01 Å². The molecule has 0 spiro atoms. The van der Waals surface area contributed by atoms with Crippen LogP contribution in [0, 0.1) is 13.8 Å². The van der Waals surface area contributed by atoms with Gasteiger partial charge in [-0.1, -0.05) is 0 Å². The molecular weight excluding hydrogens is 606 g/mol. The summed E-state index contributed by atoms with van der Waals surface area (Å²) >= 11 is 0. The van der Waals surface area contributed by atoms with E-state index in [9.17, 15) is 14.7 Å². The molecule has 0 fully saturated rings. The second-order valence-corrected chi connectivity index (χ2v) is 9.37. The normalized spacial score (nSPS) is 11.6. The van der Waals surface area contributed by atoms with Crippen LogP contribution in [0.25, 0.3) is 11.9 Å². The highest BCUT2D eigenvalue weighted by atomic mass is 16.5. The van der Waals surface area contributed by atoms with E-state index in [1.165, 1.54) is 45.3 Å². The molecule has 5 N–H and O–H groups in total. The van der Waals surface area contributed by atoms with Crippen molar-refractivity contribution in [2.75, 3.05) is 32.3 Å². The van der Waals surface area contributed by atoms with Gasteiger partial charge in [-0.25, -0.2) is 14.2 Å². The molecule has 0 saturated carbocycles. The summed E-state index contributed by atoms with van der Waals surface area (Å²) in [6, 6.07) is -0.119. The summed E-state index contributed by atoms with van der Waals surface area (Å²) in [4.78, 5) is 37.1. The Balaban J connectivity index is 1.53. The zero-order chi connectivity index (χ0) is 33.3. The summed E-state index contributed by atoms with van der Waals surface area (Å²) < 4.78 is 15.1. The number of azo groups is 2. The maximum absolute atomic E-state index is 12.1. The van der Waals surface area contributed by atoms with Crippen molar-refractivity contribution in [3.05, 3.63) is 34.9 Å². The van der Waals surface area contributed by atoms with Gasteiger partial charge in [-0.05, 0) is 13.8 Å². The molecule has 5 aromatic rings. The van der Waals surface area contributed by atoms with Crippen LogP contribution in [-0.4, -0.2) is 91.8 Å². The maximum atomic E-state index is 12.1. The van der Waals surface area contributed by atoms with Crippen molar-refractivity contribution in [3.63, 3.8) is 0 Å². The average molecular weight is 634 g/mol.